The molecule has 5 N–H and O–H groups in total. The largest absolute Gasteiger partial charge is 0.508 e. The molecule has 4 rings (SSSR count). The molecule has 0 spiro atoms. The number of amides is 1. The van der Waals surface area contributed by atoms with Crippen LogP contribution in [-0.4, -0.2) is 21.7 Å². The zero-order valence-electron chi connectivity index (χ0n) is 18.2. The Bertz CT molecular complexity index is 1340. The van der Waals surface area contributed by atoms with Gasteiger partial charge in [-0.15, -0.1) is 11.3 Å². The molecule has 0 saturated carbocycles. The zero-order valence-corrected chi connectivity index (χ0v) is 19.0. The van der Waals surface area contributed by atoms with Gasteiger partial charge < -0.3 is 21.6 Å². The van der Waals surface area contributed by atoms with E-state index in [1.54, 1.807) is 24.3 Å². The predicted molar refractivity (Wildman–Crippen MR) is 132 cm³/mol. The fourth-order valence-electron chi connectivity index (χ4n) is 3.69. The second-order valence-electron chi connectivity index (χ2n) is 7.68. The van der Waals surface area contributed by atoms with Crippen molar-refractivity contribution in [1.82, 2.24) is 10.3 Å². The topological polar surface area (TPSA) is 112 Å². The number of carbonyl (C=O) groups is 1. The zero-order chi connectivity index (χ0) is 24.1. The predicted octanol–water partition coefficient (Wildman–Crippen LogP) is 5.04. The number of nitrogens with two attached hydrogens (primary N) is 1. The third-order valence-corrected chi connectivity index (χ3v) is 6.53. The van der Waals surface area contributed by atoms with Gasteiger partial charge in [0, 0.05) is 40.9 Å². The highest BCUT2D eigenvalue weighted by Gasteiger charge is 2.22. The van der Waals surface area contributed by atoms with Crippen LogP contribution >= 0.6 is 11.3 Å². The molecular formula is C26H23FN4O2S. The second kappa shape index (κ2) is 10.4. The van der Waals surface area contributed by atoms with Crippen molar-refractivity contribution in [2.24, 2.45) is 5.73 Å². The van der Waals surface area contributed by atoms with E-state index in [1.807, 2.05) is 30.3 Å². The quantitative estimate of drug-likeness (QED) is 0.268. The Morgan fingerprint density at radius 2 is 1.88 bits per heavy atom. The molecule has 34 heavy (non-hydrogen) atoms. The van der Waals surface area contributed by atoms with E-state index in [0.29, 0.717) is 22.5 Å². The molecule has 0 radical (unpaired) electrons. The van der Waals surface area contributed by atoms with Crippen LogP contribution in [0.5, 0.6) is 5.75 Å². The maximum atomic E-state index is 13.6. The Balaban J connectivity index is 1.59. The molecule has 0 aliphatic carbocycles. The van der Waals surface area contributed by atoms with Crippen molar-refractivity contribution in [2.45, 2.75) is 19.0 Å². The molecule has 1 amide bonds. The first-order valence-electron chi connectivity index (χ1n) is 10.6. The third kappa shape index (κ3) is 5.19. The van der Waals surface area contributed by atoms with Gasteiger partial charge in [0.05, 0.1) is 17.1 Å². The summed E-state index contributed by atoms with van der Waals surface area (Å²) < 4.78 is 13.6. The summed E-state index contributed by atoms with van der Waals surface area (Å²) in [7, 11) is 0. The summed E-state index contributed by atoms with van der Waals surface area (Å²) in [5.74, 6) is -0.879. The summed E-state index contributed by atoms with van der Waals surface area (Å²) in [5.41, 5.74) is 8.69. The van der Waals surface area contributed by atoms with Crippen molar-refractivity contribution in [2.75, 3.05) is 0 Å². The van der Waals surface area contributed by atoms with Gasteiger partial charge in [-0.05, 0) is 35.4 Å². The number of carbonyl (C=O) groups excluding carboxylic acids is 1. The number of phenolic OH excluding ortho intramolecular Hbond substituents is 1. The van der Waals surface area contributed by atoms with Crippen LogP contribution in [0.2, 0.25) is 0 Å². The SMILES string of the molecule is N=C(CC(NC(=O)c1ccc(-c2ccccc2CN)s1)c1ccccc1O)c1cncc(F)c1. The number of aromatic hydroxyl groups is 1. The van der Waals surface area contributed by atoms with E-state index in [-0.39, 0.29) is 23.8 Å². The number of rotatable bonds is 8. The highest BCUT2D eigenvalue weighted by molar-refractivity contribution is 7.17. The number of hydrogen-bond acceptors (Lipinski definition) is 6. The van der Waals surface area contributed by atoms with E-state index in [9.17, 15) is 14.3 Å². The number of nitrogens with one attached hydrogen (secondary N) is 2. The van der Waals surface area contributed by atoms with Gasteiger partial charge in [0.1, 0.15) is 11.6 Å². The lowest BCUT2D eigenvalue weighted by atomic mass is 9.97. The van der Waals surface area contributed by atoms with Gasteiger partial charge in [0.2, 0.25) is 0 Å². The van der Waals surface area contributed by atoms with E-state index in [0.717, 1.165) is 22.2 Å². The maximum Gasteiger partial charge on any atom is 0.261 e. The molecule has 1 atom stereocenters. The van der Waals surface area contributed by atoms with Crippen molar-refractivity contribution in [3.63, 3.8) is 0 Å². The number of thiophene rings is 1. The minimum atomic E-state index is -0.702. The summed E-state index contributed by atoms with van der Waals surface area (Å²) >= 11 is 1.34. The van der Waals surface area contributed by atoms with Gasteiger partial charge in [0.25, 0.3) is 5.91 Å². The monoisotopic (exact) mass is 474 g/mol. The Hall–Kier alpha value is -3.88. The van der Waals surface area contributed by atoms with Crippen LogP contribution in [0.25, 0.3) is 10.4 Å². The normalized spacial score (nSPS) is 11.7. The van der Waals surface area contributed by atoms with Crippen molar-refractivity contribution >= 4 is 23.0 Å². The van der Waals surface area contributed by atoms with E-state index in [4.69, 9.17) is 11.1 Å². The number of nitrogens with zero attached hydrogens (tertiary/aromatic N) is 1. The van der Waals surface area contributed by atoms with Gasteiger partial charge in [-0.2, -0.15) is 0 Å². The summed E-state index contributed by atoms with van der Waals surface area (Å²) in [5, 5.41) is 21.8. The summed E-state index contributed by atoms with van der Waals surface area (Å²) in [6.45, 7) is 0.391. The lowest BCUT2D eigenvalue weighted by Crippen LogP contribution is -2.29. The molecule has 2 aromatic heterocycles. The molecular weight excluding hydrogens is 451 g/mol. The van der Waals surface area contributed by atoms with Gasteiger partial charge in [-0.1, -0.05) is 42.5 Å². The molecule has 2 aromatic carbocycles. The fourth-order valence-corrected chi connectivity index (χ4v) is 4.66. The second-order valence-corrected chi connectivity index (χ2v) is 8.77. The van der Waals surface area contributed by atoms with Crippen LogP contribution < -0.4 is 11.1 Å². The van der Waals surface area contributed by atoms with Gasteiger partial charge in [0.15, 0.2) is 0 Å². The van der Waals surface area contributed by atoms with E-state index >= 15 is 0 Å². The molecule has 0 fully saturated rings. The molecule has 172 valence electrons. The molecule has 4 aromatic rings. The van der Waals surface area contributed by atoms with Gasteiger partial charge in [-0.25, -0.2) is 4.39 Å². The summed E-state index contributed by atoms with van der Waals surface area (Å²) in [6, 6.07) is 18.5. The smallest absolute Gasteiger partial charge is 0.261 e. The highest BCUT2D eigenvalue weighted by Crippen LogP contribution is 2.32. The average Bonchev–Trinajstić information content (AvgIpc) is 3.34. The standard InChI is InChI=1S/C26H23FN4O2S/c27-18-11-17(14-30-15-18)21(29)12-22(20-7-3-4-8-23(20)32)31-26(33)25-10-9-24(34-25)19-6-2-1-5-16(19)13-28/h1-11,14-15,22,29,32H,12-13,28H2,(H,31,33). The van der Waals surface area contributed by atoms with Crippen LogP contribution in [-0.2, 0) is 6.54 Å². The molecule has 0 saturated heterocycles. The first kappa shape index (κ1) is 23.3. The maximum absolute atomic E-state index is 13.6. The Morgan fingerprint density at radius 3 is 2.65 bits per heavy atom. The summed E-state index contributed by atoms with van der Waals surface area (Å²) in [4.78, 5) is 18.4. The van der Waals surface area contributed by atoms with E-state index in [1.165, 1.54) is 29.7 Å². The van der Waals surface area contributed by atoms with Crippen LogP contribution in [0.3, 0.4) is 0 Å². The van der Waals surface area contributed by atoms with Crippen LogP contribution in [0.4, 0.5) is 4.39 Å². The lowest BCUT2D eigenvalue weighted by molar-refractivity contribution is 0.0941. The molecule has 8 heteroatoms. The average molecular weight is 475 g/mol. The fraction of sp³-hybridized carbons (Fsp3) is 0.115. The van der Waals surface area contributed by atoms with Crippen molar-refractivity contribution in [1.29, 1.82) is 5.41 Å². The van der Waals surface area contributed by atoms with Crippen molar-refractivity contribution < 1.29 is 14.3 Å². The number of halogens is 1. The molecule has 2 heterocycles. The van der Waals surface area contributed by atoms with Crippen LogP contribution in [0, 0.1) is 11.2 Å². The van der Waals surface area contributed by atoms with E-state index < -0.39 is 11.9 Å². The Morgan fingerprint density at radius 1 is 1.12 bits per heavy atom. The van der Waals surface area contributed by atoms with E-state index in [2.05, 4.69) is 10.3 Å². The Labute approximate surface area is 200 Å². The molecule has 1 unspecified atom stereocenters. The van der Waals surface area contributed by atoms with Gasteiger partial charge >= 0.3 is 0 Å². The minimum Gasteiger partial charge on any atom is -0.508 e. The molecule has 0 bridgehead atoms. The molecule has 0 aliphatic heterocycles. The number of para-hydroxylation sites is 1. The highest BCUT2D eigenvalue weighted by atomic mass is 32.1. The third-order valence-electron chi connectivity index (χ3n) is 5.41. The Kier molecular flexibility index (Phi) is 7.10. The number of pyridine rings is 1. The summed E-state index contributed by atoms with van der Waals surface area (Å²) in [6.07, 6.45) is 2.51. The van der Waals surface area contributed by atoms with Crippen molar-refractivity contribution in [3.8, 4) is 16.2 Å². The van der Waals surface area contributed by atoms with Crippen molar-refractivity contribution in [3.05, 3.63) is 107 Å². The first-order chi connectivity index (χ1) is 16.5. The van der Waals surface area contributed by atoms with Crippen LogP contribution in [0.1, 0.15) is 38.8 Å². The molecule has 0 aliphatic rings. The first-order valence-corrected chi connectivity index (χ1v) is 11.4. The molecule has 6 nitrogen and oxygen atoms in total. The number of hydrogen-bond donors (Lipinski definition) is 4. The minimum absolute atomic E-state index is 0.00158. The van der Waals surface area contributed by atoms with Gasteiger partial charge in [-0.3, -0.25) is 9.78 Å². The number of aromatic nitrogens is 1. The number of phenols is 1. The number of benzene rings is 2. The van der Waals surface area contributed by atoms with Crippen LogP contribution in [0.15, 0.2) is 79.1 Å². The lowest BCUT2D eigenvalue weighted by Gasteiger charge is -2.20.